The second-order valence-electron chi connectivity index (χ2n) is 5.70. The number of nitrogens with one attached hydrogen (secondary N) is 2. The normalized spacial score (nSPS) is 14.5. The van der Waals surface area contributed by atoms with Crippen molar-refractivity contribution >= 4 is 40.7 Å². The molecule has 22 heavy (non-hydrogen) atoms. The predicted octanol–water partition coefficient (Wildman–Crippen LogP) is 3.92. The van der Waals surface area contributed by atoms with Gasteiger partial charge in [0, 0.05) is 13.1 Å². The summed E-state index contributed by atoms with van der Waals surface area (Å²) in [4.78, 5) is 4.68. The summed E-state index contributed by atoms with van der Waals surface area (Å²) in [6, 6.07) is 15.0. The SMILES string of the molecule is CCNC(=NCc1ccc2ccccc2c1)NCC1CC1.I. The molecule has 1 saturated carbocycles. The summed E-state index contributed by atoms with van der Waals surface area (Å²) < 4.78 is 0. The molecule has 0 bridgehead atoms. The van der Waals surface area contributed by atoms with Crippen molar-refractivity contribution in [1.82, 2.24) is 10.6 Å². The second kappa shape index (κ2) is 8.36. The van der Waals surface area contributed by atoms with Crippen molar-refractivity contribution in [2.45, 2.75) is 26.3 Å². The van der Waals surface area contributed by atoms with Gasteiger partial charge in [-0.3, -0.25) is 0 Å². The molecule has 0 atom stereocenters. The molecule has 2 aromatic carbocycles. The van der Waals surface area contributed by atoms with E-state index in [4.69, 9.17) is 0 Å². The Kier molecular flexibility index (Phi) is 6.49. The maximum atomic E-state index is 4.68. The van der Waals surface area contributed by atoms with Crippen LogP contribution in [-0.2, 0) is 6.54 Å². The lowest BCUT2D eigenvalue weighted by atomic mass is 10.1. The second-order valence-corrected chi connectivity index (χ2v) is 5.70. The van der Waals surface area contributed by atoms with Crippen LogP contribution in [0.2, 0.25) is 0 Å². The first-order valence-electron chi connectivity index (χ1n) is 7.85. The summed E-state index contributed by atoms with van der Waals surface area (Å²) in [6.07, 6.45) is 2.72. The molecule has 1 aliphatic rings. The number of halogens is 1. The lowest BCUT2D eigenvalue weighted by molar-refractivity contribution is 0.739. The van der Waals surface area contributed by atoms with E-state index in [0.29, 0.717) is 6.54 Å². The molecule has 3 nitrogen and oxygen atoms in total. The number of nitrogens with zero attached hydrogens (tertiary/aromatic N) is 1. The van der Waals surface area contributed by atoms with Crippen molar-refractivity contribution in [2.75, 3.05) is 13.1 Å². The quantitative estimate of drug-likeness (QED) is 0.446. The molecule has 3 rings (SSSR count). The number of hydrogen-bond donors (Lipinski definition) is 2. The highest BCUT2D eigenvalue weighted by Gasteiger charge is 2.20. The lowest BCUT2D eigenvalue weighted by Gasteiger charge is -2.10. The van der Waals surface area contributed by atoms with Crippen LogP contribution in [0.15, 0.2) is 47.5 Å². The molecule has 1 fully saturated rings. The van der Waals surface area contributed by atoms with E-state index in [2.05, 4.69) is 65.0 Å². The zero-order valence-corrected chi connectivity index (χ0v) is 15.3. The van der Waals surface area contributed by atoms with Crippen molar-refractivity contribution in [3.05, 3.63) is 48.0 Å². The van der Waals surface area contributed by atoms with Crippen molar-refractivity contribution < 1.29 is 0 Å². The van der Waals surface area contributed by atoms with Gasteiger partial charge in [0.05, 0.1) is 6.54 Å². The number of rotatable bonds is 5. The van der Waals surface area contributed by atoms with Crippen LogP contribution in [-0.4, -0.2) is 19.0 Å². The van der Waals surface area contributed by atoms with E-state index >= 15 is 0 Å². The van der Waals surface area contributed by atoms with Gasteiger partial charge in [-0.1, -0.05) is 36.4 Å². The molecule has 1 aliphatic carbocycles. The van der Waals surface area contributed by atoms with Crippen molar-refractivity contribution in [3.8, 4) is 0 Å². The van der Waals surface area contributed by atoms with Crippen LogP contribution in [0, 0.1) is 5.92 Å². The van der Waals surface area contributed by atoms with E-state index in [-0.39, 0.29) is 24.0 Å². The maximum Gasteiger partial charge on any atom is 0.191 e. The van der Waals surface area contributed by atoms with Crippen LogP contribution in [0.4, 0.5) is 0 Å². The zero-order valence-electron chi connectivity index (χ0n) is 13.0. The Hall–Kier alpha value is -1.30. The highest BCUT2D eigenvalue weighted by Crippen LogP contribution is 2.27. The van der Waals surface area contributed by atoms with E-state index < -0.39 is 0 Å². The Labute approximate surface area is 149 Å². The van der Waals surface area contributed by atoms with E-state index in [9.17, 15) is 0 Å². The molecule has 0 heterocycles. The minimum absolute atomic E-state index is 0. The summed E-state index contributed by atoms with van der Waals surface area (Å²) >= 11 is 0. The molecule has 0 aromatic heterocycles. The summed E-state index contributed by atoms with van der Waals surface area (Å²) in [6.45, 7) is 4.76. The largest absolute Gasteiger partial charge is 0.357 e. The van der Waals surface area contributed by atoms with Crippen LogP contribution in [0.3, 0.4) is 0 Å². The van der Waals surface area contributed by atoms with Gasteiger partial charge in [-0.15, -0.1) is 24.0 Å². The van der Waals surface area contributed by atoms with Crippen molar-refractivity contribution in [3.63, 3.8) is 0 Å². The highest BCUT2D eigenvalue weighted by molar-refractivity contribution is 14.0. The van der Waals surface area contributed by atoms with Crippen LogP contribution < -0.4 is 10.6 Å². The number of aliphatic imine (C=N–C) groups is 1. The Bertz CT molecular complexity index is 635. The van der Waals surface area contributed by atoms with Gasteiger partial charge >= 0.3 is 0 Å². The third kappa shape index (κ3) is 4.87. The minimum Gasteiger partial charge on any atom is -0.357 e. The summed E-state index contributed by atoms with van der Waals surface area (Å²) in [7, 11) is 0. The fourth-order valence-corrected chi connectivity index (χ4v) is 2.41. The monoisotopic (exact) mass is 409 g/mol. The molecule has 2 N–H and O–H groups in total. The van der Waals surface area contributed by atoms with Gasteiger partial charge in [-0.25, -0.2) is 4.99 Å². The molecule has 118 valence electrons. The van der Waals surface area contributed by atoms with Gasteiger partial charge in [-0.2, -0.15) is 0 Å². The molecule has 2 aromatic rings. The van der Waals surface area contributed by atoms with Gasteiger partial charge < -0.3 is 10.6 Å². The van der Waals surface area contributed by atoms with Gasteiger partial charge in [0.1, 0.15) is 0 Å². The van der Waals surface area contributed by atoms with Gasteiger partial charge in [0.2, 0.25) is 0 Å². The topological polar surface area (TPSA) is 36.4 Å². The molecular formula is C18H24IN3. The van der Waals surface area contributed by atoms with Crippen LogP contribution in [0.1, 0.15) is 25.3 Å². The average Bonchev–Trinajstić information content (AvgIpc) is 3.34. The van der Waals surface area contributed by atoms with Crippen LogP contribution >= 0.6 is 24.0 Å². The number of fused-ring (bicyclic) bond motifs is 1. The molecular weight excluding hydrogens is 385 g/mol. The molecule has 4 heteroatoms. The predicted molar refractivity (Wildman–Crippen MR) is 105 cm³/mol. The molecule has 0 saturated heterocycles. The third-order valence-electron chi connectivity index (χ3n) is 3.83. The average molecular weight is 409 g/mol. The first-order chi connectivity index (χ1) is 10.3. The standard InChI is InChI=1S/C18H23N3.HI/c1-2-19-18(20-12-14-7-8-14)21-13-15-9-10-16-5-3-4-6-17(16)11-15;/h3-6,9-11,14H,2,7-8,12-13H2,1H3,(H2,19,20,21);1H. The van der Waals surface area contributed by atoms with E-state index in [1.807, 2.05) is 0 Å². The molecule has 0 spiro atoms. The molecule has 0 radical (unpaired) electrons. The third-order valence-corrected chi connectivity index (χ3v) is 3.83. The number of guanidine groups is 1. The molecule has 0 unspecified atom stereocenters. The van der Waals surface area contributed by atoms with E-state index in [1.165, 1.54) is 29.2 Å². The zero-order chi connectivity index (χ0) is 14.5. The van der Waals surface area contributed by atoms with Crippen molar-refractivity contribution in [1.29, 1.82) is 0 Å². The highest BCUT2D eigenvalue weighted by atomic mass is 127. The van der Waals surface area contributed by atoms with E-state index in [0.717, 1.165) is 25.0 Å². The maximum absolute atomic E-state index is 4.68. The Morgan fingerprint density at radius 1 is 1.09 bits per heavy atom. The fourth-order valence-electron chi connectivity index (χ4n) is 2.41. The van der Waals surface area contributed by atoms with Gasteiger partial charge in [-0.05, 0) is 48.1 Å². The van der Waals surface area contributed by atoms with Crippen LogP contribution in [0.25, 0.3) is 10.8 Å². The number of hydrogen-bond acceptors (Lipinski definition) is 1. The summed E-state index contributed by atoms with van der Waals surface area (Å²) in [5, 5.41) is 9.30. The Morgan fingerprint density at radius 2 is 1.86 bits per heavy atom. The summed E-state index contributed by atoms with van der Waals surface area (Å²) in [5.41, 5.74) is 1.25. The Morgan fingerprint density at radius 3 is 2.59 bits per heavy atom. The van der Waals surface area contributed by atoms with Gasteiger partial charge in [0.15, 0.2) is 5.96 Å². The lowest BCUT2D eigenvalue weighted by Crippen LogP contribution is -2.38. The smallest absolute Gasteiger partial charge is 0.191 e. The van der Waals surface area contributed by atoms with Crippen LogP contribution in [0.5, 0.6) is 0 Å². The fraction of sp³-hybridized carbons (Fsp3) is 0.389. The first-order valence-corrected chi connectivity index (χ1v) is 7.85. The van der Waals surface area contributed by atoms with E-state index in [1.54, 1.807) is 0 Å². The summed E-state index contributed by atoms with van der Waals surface area (Å²) in [5.74, 6) is 1.78. The molecule has 0 amide bonds. The number of benzene rings is 2. The molecule has 0 aliphatic heterocycles. The Balaban J connectivity index is 0.00000176. The minimum atomic E-state index is 0. The first kappa shape index (κ1) is 17.1. The van der Waals surface area contributed by atoms with Gasteiger partial charge in [0.25, 0.3) is 0 Å². The van der Waals surface area contributed by atoms with Crippen molar-refractivity contribution in [2.24, 2.45) is 10.9 Å².